The van der Waals surface area contributed by atoms with Gasteiger partial charge in [-0.1, -0.05) is 36.4 Å². The Balaban J connectivity index is 0.000000227. The zero-order chi connectivity index (χ0) is 25.9. The number of fused-ring (bicyclic) bond motifs is 3. The van der Waals surface area contributed by atoms with Crippen LogP contribution in [0.15, 0.2) is 127 Å². The summed E-state index contributed by atoms with van der Waals surface area (Å²) >= 11 is 1.08. The monoisotopic (exact) mass is 717 g/mol. The van der Waals surface area contributed by atoms with Gasteiger partial charge in [0.2, 0.25) is 0 Å². The maximum absolute atomic E-state index is 2.99. The van der Waals surface area contributed by atoms with E-state index in [-0.39, 0.29) is 24.8 Å². The molecule has 0 saturated carbocycles. The summed E-state index contributed by atoms with van der Waals surface area (Å²) in [6.45, 7) is 6.52. The van der Waals surface area contributed by atoms with Crippen molar-refractivity contribution in [3.05, 3.63) is 145 Å². The third kappa shape index (κ3) is 8.93. The predicted molar refractivity (Wildman–Crippen MR) is 158 cm³/mol. The molecule has 1 aliphatic rings. The molecule has 0 amide bonds. The van der Waals surface area contributed by atoms with Gasteiger partial charge in [0, 0.05) is 18.8 Å². The van der Waals surface area contributed by atoms with Gasteiger partial charge in [-0.05, 0) is 13.8 Å². The molecule has 39 heavy (non-hydrogen) atoms. The third-order valence-electron chi connectivity index (χ3n) is 6.44. The summed E-state index contributed by atoms with van der Waals surface area (Å²) in [5.41, 5.74) is 4.03. The molecule has 1 nitrogen and oxygen atoms in total. The maximum atomic E-state index is 2.99. The molecule has 0 aliphatic heterocycles. The Hall–Kier alpha value is -2.65. The molecular formula is C35H33Cl2HfN-2. The summed E-state index contributed by atoms with van der Waals surface area (Å²) in [6, 6.07) is 38.9. The number of rotatable bonds is 5. The molecule has 6 rings (SSSR count). The Labute approximate surface area is 260 Å². The number of hydrogen-bond donors (Lipinski definition) is 0. The molecule has 198 valence electrons. The van der Waals surface area contributed by atoms with Gasteiger partial charge < -0.3 is 29.7 Å². The summed E-state index contributed by atoms with van der Waals surface area (Å²) in [4.78, 5) is 2.39. The second-order valence-electron chi connectivity index (χ2n) is 8.79. The zero-order valence-electron chi connectivity index (χ0n) is 22.4. The third-order valence-corrected chi connectivity index (χ3v) is 8.51. The molecule has 0 saturated heterocycles. The van der Waals surface area contributed by atoms with Gasteiger partial charge >= 0.3 is 98.9 Å². The van der Waals surface area contributed by atoms with Crippen molar-refractivity contribution >= 4 is 30.5 Å². The number of nitrogens with zero attached hydrogens (tertiary/aromatic N) is 1. The fourth-order valence-corrected chi connectivity index (χ4v) is 5.65. The van der Waals surface area contributed by atoms with Crippen LogP contribution in [-0.2, 0) is 23.9 Å². The van der Waals surface area contributed by atoms with E-state index in [9.17, 15) is 0 Å². The van der Waals surface area contributed by atoms with Crippen molar-refractivity contribution in [3.8, 4) is 0 Å². The molecular weight excluding hydrogens is 684 g/mol. The van der Waals surface area contributed by atoms with Crippen molar-refractivity contribution in [2.24, 2.45) is 0 Å². The molecule has 0 unspecified atom stereocenters. The number of benzene rings is 4. The van der Waals surface area contributed by atoms with Crippen LogP contribution in [0.25, 0.3) is 21.5 Å². The molecule has 0 fully saturated rings. The Bertz CT molecular complexity index is 1430. The summed E-state index contributed by atoms with van der Waals surface area (Å²) in [6.07, 6.45) is 10.0. The van der Waals surface area contributed by atoms with E-state index in [1.54, 1.807) is 0 Å². The van der Waals surface area contributed by atoms with E-state index in [2.05, 4.69) is 140 Å². The zero-order valence-corrected chi connectivity index (χ0v) is 27.6. The molecule has 0 N–H and O–H groups in total. The fraction of sp³-hybridized carbons (Fsp3) is 0.143. The standard InChI is InChI=1S/C17H18N.C13H10.C5H5.2ClH.Hf/c1-3-18(4-2)15-9-10-17-14(12-15)11-13-7-5-6-8-16(13)17;1-3-7-12(8-4-1)11-13-9-5-2-6-10-13;1-2-4-5-3-1;;;/h5-12H,3-4H2,1-2H3;1-10H;1-3H,4H2;2*1H;/q-1;;-1;;;+2/p-2. The normalized spacial score (nSPS) is 11.0. The summed E-state index contributed by atoms with van der Waals surface area (Å²) in [5, 5.41) is 5.41. The van der Waals surface area contributed by atoms with E-state index >= 15 is 0 Å². The minimum absolute atomic E-state index is 0. The first-order chi connectivity index (χ1) is 18.2. The average Bonchev–Trinajstić information content (AvgIpc) is 3.67. The van der Waals surface area contributed by atoms with Crippen LogP contribution in [0.2, 0.25) is 0 Å². The number of halogens is 2. The SMILES string of the molecule is CCN(CC)c1ccc2c(c1)[cH-]c1ccccc12.[C-]1=CC=CC1.[Cl-].[Cl-].[Hf+2]=[C](c1ccccc1)c1ccccc1. The van der Waals surface area contributed by atoms with Gasteiger partial charge in [0.25, 0.3) is 0 Å². The van der Waals surface area contributed by atoms with Crippen molar-refractivity contribution in [2.45, 2.75) is 20.3 Å². The molecule has 0 heterocycles. The minimum atomic E-state index is 0. The quantitative estimate of drug-likeness (QED) is 0.200. The molecule has 0 bridgehead atoms. The topological polar surface area (TPSA) is 3.24 Å². The molecule has 5 aromatic rings. The first-order valence-corrected chi connectivity index (χ1v) is 14.7. The van der Waals surface area contributed by atoms with E-state index in [0.29, 0.717) is 0 Å². The molecule has 5 aromatic carbocycles. The van der Waals surface area contributed by atoms with Crippen molar-refractivity contribution in [1.29, 1.82) is 0 Å². The predicted octanol–water partition coefficient (Wildman–Crippen LogP) is 2.67. The van der Waals surface area contributed by atoms with Gasteiger partial charge in [-0.25, -0.2) is 12.2 Å². The van der Waals surface area contributed by atoms with Gasteiger partial charge in [0.05, 0.1) is 0 Å². The summed E-state index contributed by atoms with van der Waals surface area (Å²) in [5.74, 6) is 0. The Morgan fingerprint density at radius 1 is 0.744 bits per heavy atom. The summed E-state index contributed by atoms with van der Waals surface area (Å²) in [7, 11) is 0. The second kappa shape index (κ2) is 17.1. The van der Waals surface area contributed by atoms with Crippen LogP contribution >= 0.6 is 0 Å². The molecule has 0 atom stereocenters. The van der Waals surface area contributed by atoms with E-state index in [4.69, 9.17) is 0 Å². The van der Waals surface area contributed by atoms with Crippen molar-refractivity contribution in [3.63, 3.8) is 0 Å². The van der Waals surface area contributed by atoms with Crippen molar-refractivity contribution in [2.75, 3.05) is 18.0 Å². The van der Waals surface area contributed by atoms with E-state index in [1.165, 1.54) is 41.6 Å². The number of anilines is 1. The van der Waals surface area contributed by atoms with Crippen LogP contribution in [0.3, 0.4) is 0 Å². The van der Waals surface area contributed by atoms with E-state index in [0.717, 1.165) is 43.4 Å². The Kier molecular flexibility index (Phi) is 14.3. The molecule has 0 aromatic heterocycles. The van der Waals surface area contributed by atoms with E-state index in [1.807, 2.05) is 12.2 Å². The van der Waals surface area contributed by atoms with Gasteiger partial charge in [0.1, 0.15) is 0 Å². The number of hydrogen-bond acceptors (Lipinski definition) is 1. The molecule has 0 spiro atoms. The Morgan fingerprint density at radius 2 is 1.31 bits per heavy atom. The second-order valence-corrected chi connectivity index (χ2v) is 10.6. The Morgan fingerprint density at radius 3 is 1.82 bits per heavy atom. The van der Waals surface area contributed by atoms with Crippen LogP contribution in [0.1, 0.15) is 31.4 Å². The molecule has 1 aliphatic carbocycles. The van der Waals surface area contributed by atoms with Crippen LogP contribution in [0.4, 0.5) is 5.69 Å². The first-order valence-electron chi connectivity index (χ1n) is 13.0. The fourth-order valence-electron chi connectivity index (χ4n) is 4.45. The van der Waals surface area contributed by atoms with Crippen LogP contribution in [0.5, 0.6) is 0 Å². The van der Waals surface area contributed by atoms with Gasteiger partial charge in [-0.3, -0.25) is 6.08 Å². The van der Waals surface area contributed by atoms with Crippen molar-refractivity contribution < 1.29 is 48.7 Å². The molecule has 0 radical (unpaired) electrons. The van der Waals surface area contributed by atoms with E-state index < -0.39 is 0 Å². The van der Waals surface area contributed by atoms with Gasteiger partial charge in [-0.15, -0.1) is 40.1 Å². The van der Waals surface area contributed by atoms with Gasteiger partial charge in [0.15, 0.2) is 0 Å². The molecule has 4 heteroatoms. The van der Waals surface area contributed by atoms with Crippen LogP contribution < -0.4 is 29.7 Å². The number of allylic oxidation sites excluding steroid dienone is 4. The van der Waals surface area contributed by atoms with Crippen LogP contribution in [-0.4, -0.2) is 16.3 Å². The van der Waals surface area contributed by atoms with Crippen molar-refractivity contribution in [1.82, 2.24) is 0 Å². The first kappa shape index (κ1) is 32.6. The summed E-state index contributed by atoms with van der Waals surface area (Å²) < 4.78 is 1.46. The average molecular weight is 717 g/mol. The van der Waals surface area contributed by atoms with Gasteiger partial charge in [-0.2, -0.15) is 6.08 Å². The van der Waals surface area contributed by atoms with Crippen LogP contribution in [0, 0.1) is 6.08 Å².